The normalized spacial score (nSPS) is 15.2. The molecule has 0 saturated carbocycles. The van der Waals surface area contributed by atoms with Gasteiger partial charge in [0.1, 0.15) is 11.2 Å². The van der Waals surface area contributed by atoms with Gasteiger partial charge in [-0.05, 0) is 56.6 Å². The van der Waals surface area contributed by atoms with E-state index in [0.29, 0.717) is 17.5 Å². The number of hydrogen-bond acceptors (Lipinski definition) is 4. The first-order chi connectivity index (χ1) is 23.8. The Morgan fingerprint density at radius 3 is 1.58 bits per heavy atom. The summed E-state index contributed by atoms with van der Waals surface area (Å²) in [6, 6.07) is 55.1. The van der Waals surface area contributed by atoms with Gasteiger partial charge in [0.15, 0.2) is 17.5 Å². The Morgan fingerprint density at radius 2 is 0.875 bits per heavy atom. The lowest BCUT2D eigenvalue weighted by Crippen LogP contribution is -2.25. The van der Waals surface area contributed by atoms with Crippen molar-refractivity contribution < 1.29 is 4.42 Å². The van der Waals surface area contributed by atoms with E-state index in [4.69, 9.17) is 19.4 Å². The van der Waals surface area contributed by atoms with E-state index in [1.807, 2.05) is 48.7 Å². The van der Waals surface area contributed by atoms with Crippen LogP contribution in [-0.2, 0) is 5.41 Å². The van der Waals surface area contributed by atoms with E-state index in [0.717, 1.165) is 39.1 Å². The first-order valence-electron chi connectivity index (χ1n) is 16.2. The Balaban J connectivity index is 1.23. The van der Waals surface area contributed by atoms with E-state index in [2.05, 4.69) is 115 Å². The largest absolute Gasteiger partial charge is 0.467 e. The summed E-state index contributed by atoms with van der Waals surface area (Å²) < 4.78 is 6.42. The van der Waals surface area contributed by atoms with E-state index in [1.165, 1.54) is 33.4 Å². The van der Waals surface area contributed by atoms with Crippen LogP contribution in [0.5, 0.6) is 0 Å². The zero-order chi connectivity index (χ0) is 31.7. The molecule has 1 spiro atoms. The van der Waals surface area contributed by atoms with Crippen LogP contribution in [0.25, 0.3) is 67.5 Å². The van der Waals surface area contributed by atoms with Crippen LogP contribution in [0.4, 0.5) is 0 Å². The van der Waals surface area contributed by atoms with E-state index < -0.39 is 5.41 Å². The zero-order valence-electron chi connectivity index (χ0n) is 25.8. The highest BCUT2D eigenvalue weighted by atomic mass is 16.3. The molecule has 0 amide bonds. The minimum absolute atomic E-state index is 0.574. The maximum Gasteiger partial charge on any atom is 0.164 e. The third-order valence-electron chi connectivity index (χ3n) is 9.85. The fraction of sp³-hybridized carbons (Fsp3) is 0.0227. The molecule has 0 bridgehead atoms. The zero-order valence-corrected chi connectivity index (χ0v) is 25.8. The molecule has 6 aromatic carbocycles. The molecular formula is C44H27N3O. The Bertz CT molecular complexity index is 2520. The predicted octanol–water partition coefficient (Wildman–Crippen LogP) is 10.5. The molecule has 10 rings (SSSR count). The Kier molecular flexibility index (Phi) is 5.75. The fourth-order valence-electron chi connectivity index (χ4n) is 7.82. The highest BCUT2D eigenvalue weighted by Crippen LogP contribution is 2.63. The molecule has 48 heavy (non-hydrogen) atoms. The van der Waals surface area contributed by atoms with Crippen molar-refractivity contribution in [2.24, 2.45) is 0 Å². The van der Waals surface area contributed by atoms with Gasteiger partial charge in [-0.3, -0.25) is 0 Å². The minimum Gasteiger partial charge on any atom is -0.467 e. The predicted molar refractivity (Wildman–Crippen MR) is 190 cm³/mol. The van der Waals surface area contributed by atoms with Crippen LogP contribution in [0.2, 0.25) is 0 Å². The molecule has 1 unspecified atom stereocenters. The van der Waals surface area contributed by atoms with Crippen molar-refractivity contribution in [3.63, 3.8) is 0 Å². The van der Waals surface area contributed by atoms with Gasteiger partial charge in [-0.2, -0.15) is 0 Å². The fourth-order valence-corrected chi connectivity index (χ4v) is 7.82. The topological polar surface area (TPSA) is 51.8 Å². The lowest BCUT2D eigenvalue weighted by Gasteiger charge is -2.28. The number of rotatable bonds is 4. The van der Waals surface area contributed by atoms with Crippen molar-refractivity contribution in [3.8, 4) is 67.5 Å². The molecule has 0 aliphatic heterocycles. The van der Waals surface area contributed by atoms with E-state index in [1.54, 1.807) is 0 Å². The van der Waals surface area contributed by atoms with E-state index in [-0.39, 0.29) is 0 Å². The molecule has 4 nitrogen and oxygen atoms in total. The van der Waals surface area contributed by atoms with Gasteiger partial charge in [-0.25, -0.2) is 15.0 Å². The molecule has 2 heterocycles. The standard InChI is InChI=1S/C44H27N3O/c1-3-13-28(14-4-1)31-17-7-8-20-36(31)43-46-41(29-15-5-2-6-16-29)45-42(47-43)30-23-24-34-32-18-9-11-21-37(32)44(39(34)27-30)38-22-12-10-19-33(38)35-25-26-48-40(35)44/h1-27H. The van der Waals surface area contributed by atoms with Crippen LogP contribution in [-0.4, -0.2) is 15.0 Å². The summed E-state index contributed by atoms with van der Waals surface area (Å²) in [7, 11) is 0. The average molecular weight is 614 g/mol. The van der Waals surface area contributed by atoms with Gasteiger partial charge in [0.25, 0.3) is 0 Å². The Morgan fingerprint density at radius 1 is 0.354 bits per heavy atom. The molecule has 0 radical (unpaired) electrons. The maximum absolute atomic E-state index is 6.42. The minimum atomic E-state index is -0.574. The average Bonchev–Trinajstić information content (AvgIpc) is 3.84. The van der Waals surface area contributed by atoms with Gasteiger partial charge >= 0.3 is 0 Å². The molecule has 224 valence electrons. The number of benzene rings is 6. The van der Waals surface area contributed by atoms with Gasteiger partial charge in [0.05, 0.1) is 6.26 Å². The summed E-state index contributed by atoms with van der Waals surface area (Å²) in [5.74, 6) is 2.86. The number of hydrogen-bond donors (Lipinski definition) is 0. The van der Waals surface area contributed by atoms with Gasteiger partial charge in [-0.15, -0.1) is 0 Å². The van der Waals surface area contributed by atoms with Crippen molar-refractivity contribution in [3.05, 3.63) is 186 Å². The quantitative estimate of drug-likeness (QED) is 0.198. The van der Waals surface area contributed by atoms with Crippen molar-refractivity contribution in [2.45, 2.75) is 5.41 Å². The van der Waals surface area contributed by atoms with Crippen LogP contribution in [0, 0.1) is 0 Å². The molecule has 2 aliphatic rings. The lowest BCUT2D eigenvalue weighted by molar-refractivity contribution is 0.474. The molecule has 2 aromatic heterocycles. The summed E-state index contributed by atoms with van der Waals surface area (Å²) in [5, 5.41) is 0. The van der Waals surface area contributed by atoms with Gasteiger partial charge in [0, 0.05) is 22.3 Å². The summed E-state index contributed by atoms with van der Waals surface area (Å²) in [6.45, 7) is 0. The van der Waals surface area contributed by atoms with Crippen molar-refractivity contribution in [1.29, 1.82) is 0 Å². The summed E-state index contributed by atoms with van der Waals surface area (Å²) >= 11 is 0. The number of furan rings is 1. The lowest BCUT2D eigenvalue weighted by atomic mass is 9.73. The molecule has 0 N–H and O–H groups in total. The monoisotopic (exact) mass is 613 g/mol. The smallest absolute Gasteiger partial charge is 0.164 e. The van der Waals surface area contributed by atoms with Gasteiger partial charge < -0.3 is 4.42 Å². The van der Waals surface area contributed by atoms with Crippen LogP contribution in [0.15, 0.2) is 168 Å². The van der Waals surface area contributed by atoms with Crippen LogP contribution < -0.4 is 0 Å². The van der Waals surface area contributed by atoms with Crippen LogP contribution in [0.3, 0.4) is 0 Å². The molecule has 2 aliphatic carbocycles. The first kappa shape index (κ1) is 26.8. The Labute approximate surface area is 278 Å². The highest BCUT2D eigenvalue weighted by Gasteiger charge is 2.54. The van der Waals surface area contributed by atoms with Crippen molar-refractivity contribution in [2.75, 3.05) is 0 Å². The molecule has 0 fully saturated rings. The second kappa shape index (κ2) is 10.3. The molecule has 0 saturated heterocycles. The van der Waals surface area contributed by atoms with Crippen LogP contribution >= 0.6 is 0 Å². The second-order valence-corrected chi connectivity index (χ2v) is 12.3. The highest BCUT2D eigenvalue weighted by molar-refractivity contribution is 5.94. The third-order valence-corrected chi connectivity index (χ3v) is 9.85. The van der Waals surface area contributed by atoms with E-state index in [9.17, 15) is 0 Å². The summed E-state index contributed by atoms with van der Waals surface area (Å²) in [4.78, 5) is 15.4. The van der Waals surface area contributed by atoms with Crippen molar-refractivity contribution in [1.82, 2.24) is 15.0 Å². The maximum atomic E-state index is 6.42. The molecule has 4 heteroatoms. The number of nitrogens with zero attached hydrogens (tertiary/aromatic N) is 3. The van der Waals surface area contributed by atoms with E-state index >= 15 is 0 Å². The Hall–Kier alpha value is -6.39. The molecule has 8 aromatic rings. The third kappa shape index (κ3) is 3.74. The number of fused-ring (bicyclic) bond motifs is 10. The van der Waals surface area contributed by atoms with Gasteiger partial charge in [-0.1, -0.05) is 146 Å². The molecular weight excluding hydrogens is 587 g/mol. The second-order valence-electron chi connectivity index (χ2n) is 12.3. The molecule has 1 atom stereocenters. The van der Waals surface area contributed by atoms with Gasteiger partial charge in [0.2, 0.25) is 0 Å². The first-order valence-corrected chi connectivity index (χ1v) is 16.2. The summed E-state index contributed by atoms with van der Waals surface area (Å²) in [5.41, 5.74) is 12.9. The van der Waals surface area contributed by atoms with Crippen LogP contribution in [0.1, 0.15) is 22.5 Å². The van der Waals surface area contributed by atoms with Crippen molar-refractivity contribution >= 4 is 0 Å². The summed E-state index contributed by atoms with van der Waals surface area (Å²) in [6.07, 6.45) is 1.82. The number of aromatic nitrogens is 3. The SMILES string of the molecule is c1ccc(-c2nc(-c3ccc4c(c3)C3(c5ccccc5-4)c4ccccc4-c4ccoc43)nc(-c3ccccc3-c3ccccc3)n2)cc1.